The summed E-state index contributed by atoms with van der Waals surface area (Å²) in [7, 11) is 1.49. The van der Waals surface area contributed by atoms with Gasteiger partial charge in [-0.25, -0.2) is 4.99 Å². The van der Waals surface area contributed by atoms with Crippen LogP contribution >= 0.6 is 0 Å². The Bertz CT molecular complexity index is 829. The second-order valence-electron chi connectivity index (χ2n) is 5.87. The molecule has 2 aromatic rings. The van der Waals surface area contributed by atoms with Crippen molar-refractivity contribution in [1.29, 1.82) is 0 Å². The molecule has 1 amide bonds. The minimum Gasteiger partial charge on any atom is -0.454 e. The van der Waals surface area contributed by atoms with Crippen molar-refractivity contribution < 1.29 is 14.3 Å². The number of carbonyl (C=O) groups excluding carboxylic acids is 1. The van der Waals surface area contributed by atoms with Gasteiger partial charge in [-0.2, -0.15) is 0 Å². The van der Waals surface area contributed by atoms with Gasteiger partial charge in [0.2, 0.25) is 5.91 Å². The lowest BCUT2D eigenvalue weighted by atomic mass is 10.1. The van der Waals surface area contributed by atoms with Gasteiger partial charge in [0, 0.05) is 25.9 Å². The summed E-state index contributed by atoms with van der Waals surface area (Å²) < 4.78 is 11.0. The van der Waals surface area contributed by atoms with Gasteiger partial charge in [-0.05, 0) is 44.2 Å². The summed E-state index contributed by atoms with van der Waals surface area (Å²) in [6.45, 7) is 5.82. The second-order valence-corrected chi connectivity index (χ2v) is 5.87. The van der Waals surface area contributed by atoms with Crippen LogP contribution in [0.15, 0.2) is 47.5 Å². The van der Waals surface area contributed by atoms with E-state index in [-0.39, 0.29) is 12.5 Å². The molecule has 1 N–H and O–H groups in total. The fourth-order valence-corrected chi connectivity index (χ4v) is 2.89. The zero-order chi connectivity index (χ0) is 18.5. The molecule has 0 saturated carbocycles. The van der Waals surface area contributed by atoms with E-state index in [1.807, 2.05) is 42.5 Å². The van der Waals surface area contributed by atoms with E-state index in [1.54, 1.807) is 0 Å². The Morgan fingerprint density at radius 2 is 1.92 bits per heavy atom. The molecule has 26 heavy (non-hydrogen) atoms. The maximum absolute atomic E-state index is 11.8. The summed E-state index contributed by atoms with van der Waals surface area (Å²) in [6, 6.07) is 13.3. The van der Waals surface area contributed by atoms with Gasteiger partial charge < -0.3 is 19.7 Å². The molecule has 0 atom stereocenters. The molecule has 6 heteroatoms. The van der Waals surface area contributed by atoms with Crippen LogP contribution in [0, 0.1) is 0 Å². The van der Waals surface area contributed by atoms with Gasteiger partial charge in [-0.1, -0.05) is 12.1 Å². The van der Waals surface area contributed by atoms with Crippen LogP contribution in [0.5, 0.6) is 11.5 Å². The number of amides is 1. The second kappa shape index (κ2) is 8.01. The Morgan fingerprint density at radius 3 is 2.65 bits per heavy atom. The number of rotatable bonds is 5. The summed E-state index contributed by atoms with van der Waals surface area (Å²) in [5, 5.41) is 2.84. The maximum atomic E-state index is 11.8. The highest BCUT2D eigenvalue weighted by Crippen LogP contribution is 2.38. The van der Waals surface area contributed by atoms with E-state index in [4.69, 9.17) is 14.5 Å². The van der Waals surface area contributed by atoms with Gasteiger partial charge >= 0.3 is 0 Å². The number of ether oxygens (including phenoxy) is 2. The first kappa shape index (κ1) is 17.9. The standard InChI is InChI=1S/C20H23N3O3/c1-4-23(5-2)20-15-12-14(21-19(24)13-25-3)10-11-17(15)26-18-9-7-6-8-16(18)22-20/h6-12H,4-5,13H2,1-3H3,(H,21,24). The van der Waals surface area contributed by atoms with Crippen LogP contribution < -0.4 is 10.1 Å². The number of hydrogen-bond acceptors (Lipinski definition) is 5. The van der Waals surface area contributed by atoms with Gasteiger partial charge in [0.1, 0.15) is 23.9 Å². The van der Waals surface area contributed by atoms with E-state index in [0.29, 0.717) is 17.2 Å². The summed E-state index contributed by atoms with van der Waals surface area (Å²) in [4.78, 5) is 18.9. The summed E-state index contributed by atoms with van der Waals surface area (Å²) in [6.07, 6.45) is 0. The van der Waals surface area contributed by atoms with Gasteiger partial charge in [0.25, 0.3) is 0 Å². The van der Waals surface area contributed by atoms with Gasteiger partial charge in [-0.3, -0.25) is 4.79 Å². The van der Waals surface area contributed by atoms with Crippen molar-refractivity contribution in [3.05, 3.63) is 48.0 Å². The van der Waals surface area contributed by atoms with Crippen LogP contribution in [0.3, 0.4) is 0 Å². The normalized spacial score (nSPS) is 12.2. The lowest BCUT2D eigenvalue weighted by molar-refractivity contribution is -0.119. The Morgan fingerprint density at radius 1 is 1.15 bits per heavy atom. The van der Waals surface area contributed by atoms with E-state index in [0.717, 1.165) is 30.2 Å². The highest BCUT2D eigenvalue weighted by molar-refractivity contribution is 6.05. The topological polar surface area (TPSA) is 63.2 Å². The molecule has 6 nitrogen and oxygen atoms in total. The molecule has 1 heterocycles. The van der Waals surface area contributed by atoms with Crippen LogP contribution in [-0.2, 0) is 9.53 Å². The summed E-state index contributed by atoms with van der Waals surface area (Å²) >= 11 is 0. The quantitative estimate of drug-likeness (QED) is 0.888. The van der Waals surface area contributed by atoms with Crippen molar-refractivity contribution in [2.24, 2.45) is 4.99 Å². The Hall–Kier alpha value is -2.86. The molecule has 3 rings (SSSR count). The molecule has 0 spiro atoms. The van der Waals surface area contributed by atoms with Crippen molar-refractivity contribution in [3.8, 4) is 11.5 Å². The Labute approximate surface area is 153 Å². The number of benzene rings is 2. The predicted octanol–water partition coefficient (Wildman–Crippen LogP) is 3.80. The average molecular weight is 353 g/mol. The Kier molecular flexibility index (Phi) is 5.53. The first-order chi connectivity index (χ1) is 12.7. The Balaban J connectivity index is 2.07. The first-order valence-electron chi connectivity index (χ1n) is 8.70. The number of hydrogen-bond donors (Lipinski definition) is 1. The van der Waals surface area contributed by atoms with Gasteiger partial charge in [0.05, 0.1) is 5.56 Å². The molecule has 1 aliphatic heterocycles. The molecule has 2 aromatic carbocycles. The van der Waals surface area contributed by atoms with Gasteiger partial charge in [-0.15, -0.1) is 0 Å². The van der Waals surface area contributed by atoms with E-state index >= 15 is 0 Å². The molecular weight excluding hydrogens is 330 g/mol. The van der Waals surface area contributed by atoms with E-state index in [1.165, 1.54) is 7.11 Å². The molecule has 0 fully saturated rings. The fraction of sp³-hybridized carbons (Fsp3) is 0.300. The highest BCUT2D eigenvalue weighted by atomic mass is 16.5. The number of anilines is 1. The number of nitrogens with one attached hydrogen (secondary N) is 1. The van der Waals surface area contributed by atoms with Crippen LogP contribution in [0.1, 0.15) is 19.4 Å². The number of fused-ring (bicyclic) bond motifs is 2. The predicted molar refractivity (Wildman–Crippen MR) is 103 cm³/mol. The molecule has 0 aliphatic carbocycles. The fourth-order valence-electron chi connectivity index (χ4n) is 2.89. The van der Waals surface area contributed by atoms with Gasteiger partial charge in [0.15, 0.2) is 5.75 Å². The molecule has 0 unspecified atom stereocenters. The minimum absolute atomic E-state index is 0.00994. The smallest absolute Gasteiger partial charge is 0.250 e. The molecule has 0 aromatic heterocycles. The van der Waals surface area contributed by atoms with Crippen LogP contribution in [-0.4, -0.2) is 43.4 Å². The third kappa shape index (κ3) is 3.70. The van der Waals surface area contributed by atoms with Crippen molar-refractivity contribution >= 4 is 23.1 Å². The number of carbonyl (C=O) groups is 1. The molecule has 0 radical (unpaired) electrons. The molecule has 0 saturated heterocycles. The third-order valence-electron chi connectivity index (χ3n) is 4.15. The largest absolute Gasteiger partial charge is 0.454 e. The number of aliphatic imine (C=N–C) groups is 1. The maximum Gasteiger partial charge on any atom is 0.250 e. The molecular formula is C20H23N3O3. The summed E-state index contributed by atoms with van der Waals surface area (Å²) in [5.74, 6) is 2.06. The van der Waals surface area contributed by atoms with Crippen molar-refractivity contribution in [2.75, 3.05) is 32.1 Å². The van der Waals surface area contributed by atoms with Crippen LogP contribution in [0.2, 0.25) is 0 Å². The molecule has 1 aliphatic rings. The third-order valence-corrected chi connectivity index (χ3v) is 4.15. The number of amidine groups is 1. The van der Waals surface area contributed by atoms with E-state index in [9.17, 15) is 4.79 Å². The zero-order valence-electron chi connectivity index (χ0n) is 15.3. The number of methoxy groups -OCH3 is 1. The SMILES string of the molecule is CCN(CC)C1=Nc2ccccc2Oc2ccc(NC(=O)COC)cc21. The molecule has 136 valence electrons. The average Bonchev–Trinajstić information content (AvgIpc) is 2.80. The van der Waals surface area contributed by atoms with E-state index in [2.05, 4.69) is 24.1 Å². The summed E-state index contributed by atoms with van der Waals surface area (Å²) in [5.41, 5.74) is 2.32. The number of nitrogens with zero attached hydrogens (tertiary/aromatic N) is 2. The lowest BCUT2D eigenvalue weighted by Gasteiger charge is -2.23. The van der Waals surface area contributed by atoms with Crippen molar-refractivity contribution in [1.82, 2.24) is 4.90 Å². The van der Waals surface area contributed by atoms with Crippen LogP contribution in [0.25, 0.3) is 0 Å². The monoisotopic (exact) mass is 353 g/mol. The van der Waals surface area contributed by atoms with Crippen LogP contribution in [0.4, 0.5) is 11.4 Å². The molecule has 0 bridgehead atoms. The van der Waals surface area contributed by atoms with Crippen molar-refractivity contribution in [3.63, 3.8) is 0 Å². The number of para-hydroxylation sites is 2. The highest BCUT2D eigenvalue weighted by Gasteiger charge is 2.22. The van der Waals surface area contributed by atoms with E-state index < -0.39 is 0 Å². The minimum atomic E-state index is -0.202. The zero-order valence-corrected chi connectivity index (χ0v) is 15.3. The lowest BCUT2D eigenvalue weighted by Crippen LogP contribution is -2.31. The first-order valence-corrected chi connectivity index (χ1v) is 8.70. The van der Waals surface area contributed by atoms with Crippen molar-refractivity contribution in [2.45, 2.75) is 13.8 Å².